The van der Waals surface area contributed by atoms with Gasteiger partial charge in [-0.2, -0.15) is 0 Å². The zero-order valence-electron chi connectivity index (χ0n) is 14.7. The van der Waals surface area contributed by atoms with E-state index in [4.69, 9.17) is 9.47 Å². The van der Waals surface area contributed by atoms with Crippen LogP contribution in [0.3, 0.4) is 0 Å². The summed E-state index contributed by atoms with van der Waals surface area (Å²) in [7, 11) is 3.14. The number of methoxy groups -OCH3 is 2. The second-order valence-electron chi connectivity index (χ2n) is 6.54. The number of piperidine rings is 1. The number of carbonyl (C=O) groups excluding carboxylic acids is 2. The number of nitrogens with one attached hydrogen (secondary N) is 2. The minimum absolute atomic E-state index is 0.00387. The summed E-state index contributed by atoms with van der Waals surface area (Å²) >= 11 is 0. The Labute approximate surface area is 147 Å². The third-order valence-electron chi connectivity index (χ3n) is 4.72. The molecule has 1 aromatic carbocycles. The third-order valence-corrected chi connectivity index (χ3v) is 4.72. The van der Waals surface area contributed by atoms with E-state index in [0.717, 1.165) is 12.8 Å². The second kappa shape index (κ2) is 7.63. The molecule has 1 heterocycles. The van der Waals surface area contributed by atoms with Gasteiger partial charge in [-0.3, -0.25) is 4.79 Å². The fraction of sp³-hybridized carbons (Fsp3) is 0.556. The van der Waals surface area contributed by atoms with Crippen molar-refractivity contribution >= 4 is 17.6 Å². The van der Waals surface area contributed by atoms with Gasteiger partial charge in [-0.25, -0.2) is 4.79 Å². The molecule has 3 amide bonds. The first kappa shape index (κ1) is 17.4. The van der Waals surface area contributed by atoms with Crippen molar-refractivity contribution in [2.45, 2.75) is 31.7 Å². The summed E-state index contributed by atoms with van der Waals surface area (Å²) in [6, 6.07) is 5.64. The molecule has 1 aliphatic heterocycles. The quantitative estimate of drug-likeness (QED) is 0.856. The van der Waals surface area contributed by atoms with Crippen LogP contribution in [-0.4, -0.2) is 50.2 Å². The lowest BCUT2D eigenvalue weighted by atomic mass is 9.96. The molecular weight excluding hydrogens is 322 g/mol. The highest BCUT2D eigenvalue weighted by Crippen LogP contribution is 2.30. The van der Waals surface area contributed by atoms with Gasteiger partial charge in [0.2, 0.25) is 5.91 Å². The van der Waals surface area contributed by atoms with Crippen molar-refractivity contribution < 1.29 is 19.1 Å². The summed E-state index contributed by atoms with van der Waals surface area (Å²) in [5.41, 5.74) is 0.598. The van der Waals surface area contributed by atoms with Crippen molar-refractivity contribution in [3.8, 4) is 11.5 Å². The molecule has 0 radical (unpaired) electrons. The fourth-order valence-electron chi connectivity index (χ4n) is 2.98. The number of carbonyl (C=O) groups is 2. The number of urea groups is 1. The summed E-state index contributed by atoms with van der Waals surface area (Å²) in [6.45, 7) is 1.21. The fourth-order valence-corrected chi connectivity index (χ4v) is 2.98. The van der Waals surface area contributed by atoms with Gasteiger partial charge in [0.15, 0.2) is 0 Å². The largest absolute Gasteiger partial charge is 0.497 e. The van der Waals surface area contributed by atoms with E-state index >= 15 is 0 Å². The Morgan fingerprint density at radius 3 is 2.40 bits per heavy atom. The van der Waals surface area contributed by atoms with Crippen LogP contribution in [0.5, 0.6) is 11.5 Å². The van der Waals surface area contributed by atoms with Gasteiger partial charge in [-0.05, 0) is 37.8 Å². The molecule has 25 heavy (non-hydrogen) atoms. The van der Waals surface area contributed by atoms with Crippen LogP contribution in [0.2, 0.25) is 0 Å². The van der Waals surface area contributed by atoms with Gasteiger partial charge in [0.1, 0.15) is 11.5 Å². The predicted octanol–water partition coefficient (Wildman–Crippen LogP) is 2.23. The highest BCUT2D eigenvalue weighted by Gasteiger charge is 2.30. The minimum atomic E-state index is -0.110. The third kappa shape index (κ3) is 4.35. The molecule has 0 spiro atoms. The molecule has 7 nitrogen and oxygen atoms in total. The standard InChI is InChI=1S/C18H25N3O4/c1-24-14-5-6-16(25-2)15(11-14)20-17(22)12-7-9-21(10-8-12)18(23)19-13-3-4-13/h5-6,11-13H,3-4,7-10H2,1-2H3,(H,19,23)(H,20,22). The minimum Gasteiger partial charge on any atom is -0.497 e. The lowest BCUT2D eigenvalue weighted by molar-refractivity contribution is -0.121. The molecule has 3 rings (SSSR count). The van der Waals surface area contributed by atoms with Crippen LogP contribution in [0.15, 0.2) is 18.2 Å². The molecule has 1 aliphatic carbocycles. The first-order valence-electron chi connectivity index (χ1n) is 8.69. The molecule has 2 aliphatic rings. The topological polar surface area (TPSA) is 79.9 Å². The van der Waals surface area contributed by atoms with Gasteiger partial charge >= 0.3 is 6.03 Å². The molecule has 2 fully saturated rings. The number of amides is 3. The van der Waals surface area contributed by atoms with Gasteiger partial charge < -0.3 is 25.0 Å². The van der Waals surface area contributed by atoms with Crippen LogP contribution in [0.25, 0.3) is 0 Å². The molecule has 7 heteroatoms. The number of nitrogens with zero attached hydrogens (tertiary/aromatic N) is 1. The van der Waals surface area contributed by atoms with Crippen molar-refractivity contribution in [2.75, 3.05) is 32.6 Å². The monoisotopic (exact) mass is 347 g/mol. The van der Waals surface area contributed by atoms with Gasteiger partial charge in [-0.1, -0.05) is 0 Å². The van der Waals surface area contributed by atoms with E-state index in [1.54, 1.807) is 37.3 Å². The molecule has 0 aromatic heterocycles. The van der Waals surface area contributed by atoms with Gasteiger partial charge in [0.25, 0.3) is 0 Å². The highest BCUT2D eigenvalue weighted by molar-refractivity contribution is 5.94. The molecule has 136 valence electrons. The smallest absolute Gasteiger partial charge is 0.317 e. The Hall–Kier alpha value is -2.44. The molecular formula is C18H25N3O4. The Kier molecular flexibility index (Phi) is 5.31. The van der Waals surface area contributed by atoms with Crippen molar-refractivity contribution in [3.63, 3.8) is 0 Å². The number of anilines is 1. The summed E-state index contributed by atoms with van der Waals surface area (Å²) in [5, 5.41) is 5.92. The summed E-state index contributed by atoms with van der Waals surface area (Å²) in [5.74, 6) is 1.09. The van der Waals surface area contributed by atoms with Crippen LogP contribution in [-0.2, 0) is 4.79 Å². The van der Waals surface area contributed by atoms with E-state index in [1.165, 1.54) is 0 Å². The lowest BCUT2D eigenvalue weighted by Crippen LogP contribution is -2.46. The van der Waals surface area contributed by atoms with E-state index in [9.17, 15) is 9.59 Å². The molecule has 0 atom stereocenters. The zero-order chi connectivity index (χ0) is 17.8. The van der Waals surface area contributed by atoms with E-state index in [0.29, 0.717) is 49.2 Å². The van der Waals surface area contributed by atoms with Gasteiger partial charge in [-0.15, -0.1) is 0 Å². The average Bonchev–Trinajstić information content (AvgIpc) is 3.45. The maximum atomic E-state index is 12.6. The van der Waals surface area contributed by atoms with Gasteiger partial charge in [0, 0.05) is 31.1 Å². The van der Waals surface area contributed by atoms with Crippen LogP contribution < -0.4 is 20.1 Å². The van der Waals surface area contributed by atoms with Crippen LogP contribution in [0, 0.1) is 5.92 Å². The maximum absolute atomic E-state index is 12.6. The highest BCUT2D eigenvalue weighted by atomic mass is 16.5. The molecule has 2 N–H and O–H groups in total. The van der Waals surface area contributed by atoms with Crippen molar-refractivity contribution in [2.24, 2.45) is 5.92 Å². The average molecular weight is 347 g/mol. The lowest BCUT2D eigenvalue weighted by Gasteiger charge is -2.31. The second-order valence-corrected chi connectivity index (χ2v) is 6.54. The molecule has 1 aromatic rings. The maximum Gasteiger partial charge on any atom is 0.317 e. The van der Waals surface area contributed by atoms with Crippen LogP contribution >= 0.6 is 0 Å². The van der Waals surface area contributed by atoms with Crippen LogP contribution in [0.1, 0.15) is 25.7 Å². The predicted molar refractivity (Wildman–Crippen MR) is 94.0 cm³/mol. The number of likely N-dealkylation sites (tertiary alicyclic amines) is 1. The SMILES string of the molecule is COc1ccc(OC)c(NC(=O)C2CCN(C(=O)NC3CC3)CC2)c1. The van der Waals surface area contributed by atoms with Crippen molar-refractivity contribution in [1.29, 1.82) is 0 Å². The Bertz CT molecular complexity index is 637. The number of rotatable bonds is 5. The first-order chi connectivity index (χ1) is 12.1. The number of benzene rings is 1. The number of hydrogen-bond acceptors (Lipinski definition) is 4. The molecule has 1 saturated carbocycles. The first-order valence-corrected chi connectivity index (χ1v) is 8.69. The van der Waals surface area contributed by atoms with E-state index in [2.05, 4.69) is 10.6 Å². The normalized spacial score (nSPS) is 17.8. The van der Waals surface area contributed by atoms with E-state index in [1.807, 2.05) is 0 Å². The van der Waals surface area contributed by atoms with Gasteiger partial charge in [0.05, 0.1) is 19.9 Å². The molecule has 0 unspecified atom stereocenters. The van der Waals surface area contributed by atoms with E-state index < -0.39 is 0 Å². The summed E-state index contributed by atoms with van der Waals surface area (Å²) in [4.78, 5) is 26.4. The van der Waals surface area contributed by atoms with Crippen molar-refractivity contribution in [3.05, 3.63) is 18.2 Å². The van der Waals surface area contributed by atoms with E-state index in [-0.39, 0.29) is 17.9 Å². The Morgan fingerprint density at radius 2 is 1.80 bits per heavy atom. The van der Waals surface area contributed by atoms with Crippen LogP contribution in [0.4, 0.5) is 10.5 Å². The zero-order valence-corrected chi connectivity index (χ0v) is 14.7. The number of hydrogen-bond donors (Lipinski definition) is 2. The Morgan fingerprint density at radius 1 is 1.08 bits per heavy atom. The number of ether oxygens (including phenoxy) is 2. The summed E-state index contributed by atoms with van der Waals surface area (Å²) in [6.07, 6.45) is 3.48. The summed E-state index contributed by atoms with van der Waals surface area (Å²) < 4.78 is 10.5. The Balaban J connectivity index is 1.55. The van der Waals surface area contributed by atoms with Crippen molar-refractivity contribution in [1.82, 2.24) is 10.2 Å². The molecule has 0 bridgehead atoms. The molecule has 1 saturated heterocycles.